The van der Waals surface area contributed by atoms with Crippen LogP contribution in [0.1, 0.15) is 65.7 Å². The Kier molecular flexibility index (Phi) is 5.95. The lowest BCUT2D eigenvalue weighted by Gasteiger charge is -2.60. The lowest BCUT2D eigenvalue weighted by Crippen LogP contribution is -2.57. The normalized spacial score (nSPS) is 44.2. The second kappa shape index (κ2) is 7.84. The number of fused-ring (bicyclic) bond motifs is 5. The molecule has 3 fully saturated rings. The van der Waals surface area contributed by atoms with Crippen molar-refractivity contribution >= 4 is 26.6 Å². The third kappa shape index (κ3) is 4.20. The molecule has 0 aliphatic heterocycles. The zero-order valence-electron chi connectivity index (χ0n) is 18.6. The summed E-state index contributed by atoms with van der Waals surface area (Å²) in [5.41, 5.74) is 0.0924. The molecule has 2 N–H and O–H groups in total. The van der Waals surface area contributed by atoms with Crippen LogP contribution >= 0.6 is 0 Å². The number of hydrogen-bond acceptors (Lipinski definition) is 7. The van der Waals surface area contributed by atoms with E-state index in [0.717, 1.165) is 18.4 Å². The molecule has 0 aromatic carbocycles. The zero-order valence-corrected chi connectivity index (χ0v) is 20.2. The van der Waals surface area contributed by atoms with Crippen LogP contribution < -0.4 is 0 Å². The van der Waals surface area contributed by atoms with E-state index in [2.05, 4.69) is 6.08 Å². The Morgan fingerprint density at radius 1 is 1.06 bits per heavy atom. The fourth-order valence-electron chi connectivity index (χ4n) is 7.89. The summed E-state index contributed by atoms with van der Waals surface area (Å²) < 4.78 is 74.7. The number of hydrogen-bond donors (Lipinski definition) is 2. The van der Waals surface area contributed by atoms with Gasteiger partial charge in [0.2, 0.25) is 0 Å². The van der Waals surface area contributed by atoms with E-state index < -0.39 is 43.8 Å². The molecule has 0 saturated heterocycles. The standard InChI is InChI=1S/C21H32O9S2/c1-12(22)16-6-7-17-15-5-4-13-10-14(29-31(23,24)25)8-9-20(13,2)19(15)18(11-21(16,17)3)30-32(26,27)28/h4,14-19H,5-11H2,1-3H3,(H,23,24,25)(H,26,27,28)/t14-,15?,16+,17?,18-,19?,20-,21+/m0/s1. The van der Waals surface area contributed by atoms with Crippen LogP contribution in [0.5, 0.6) is 0 Å². The summed E-state index contributed by atoms with van der Waals surface area (Å²) >= 11 is 0. The topological polar surface area (TPSA) is 144 Å². The van der Waals surface area contributed by atoms with Gasteiger partial charge >= 0.3 is 20.8 Å². The van der Waals surface area contributed by atoms with Crippen LogP contribution in [0.4, 0.5) is 0 Å². The van der Waals surface area contributed by atoms with Gasteiger partial charge in [0.1, 0.15) is 5.78 Å². The highest BCUT2D eigenvalue weighted by molar-refractivity contribution is 7.81. The van der Waals surface area contributed by atoms with Crippen molar-refractivity contribution in [1.29, 1.82) is 0 Å². The molecule has 9 nitrogen and oxygen atoms in total. The van der Waals surface area contributed by atoms with Gasteiger partial charge in [-0.15, -0.1) is 0 Å². The molecule has 0 spiro atoms. The lowest BCUT2D eigenvalue weighted by molar-refractivity contribution is -0.136. The molecule has 3 unspecified atom stereocenters. The molecular weight excluding hydrogens is 460 g/mol. The smallest absolute Gasteiger partial charge is 0.300 e. The van der Waals surface area contributed by atoms with Gasteiger partial charge in [-0.2, -0.15) is 16.8 Å². The molecule has 0 heterocycles. The molecule has 4 aliphatic carbocycles. The Bertz CT molecular complexity index is 1030. The van der Waals surface area contributed by atoms with E-state index >= 15 is 0 Å². The van der Waals surface area contributed by atoms with E-state index in [1.807, 2.05) is 13.8 Å². The second-order valence-electron chi connectivity index (χ2n) is 10.6. The van der Waals surface area contributed by atoms with Gasteiger partial charge in [-0.25, -0.2) is 8.37 Å². The van der Waals surface area contributed by atoms with Crippen molar-refractivity contribution < 1.29 is 39.1 Å². The van der Waals surface area contributed by atoms with Crippen LogP contribution in [0.2, 0.25) is 0 Å². The highest BCUT2D eigenvalue weighted by Gasteiger charge is 2.63. The molecule has 4 rings (SSSR count). The molecular formula is C21H32O9S2. The maximum atomic E-state index is 12.4. The van der Waals surface area contributed by atoms with Crippen molar-refractivity contribution in [3.05, 3.63) is 11.6 Å². The molecule has 8 atom stereocenters. The van der Waals surface area contributed by atoms with Gasteiger partial charge in [0, 0.05) is 5.92 Å². The van der Waals surface area contributed by atoms with Crippen molar-refractivity contribution in [2.45, 2.75) is 77.9 Å². The van der Waals surface area contributed by atoms with E-state index in [9.17, 15) is 26.2 Å². The Morgan fingerprint density at radius 3 is 2.31 bits per heavy atom. The van der Waals surface area contributed by atoms with E-state index in [4.69, 9.17) is 12.9 Å². The number of carbonyl (C=O) groups is 1. The van der Waals surface area contributed by atoms with Gasteiger partial charge in [0.15, 0.2) is 0 Å². The third-order valence-corrected chi connectivity index (χ3v) is 9.97. The number of rotatable bonds is 5. The first-order valence-corrected chi connectivity index (χ1v) is 13.9. The van der Waals surface area contributed by atoms with Crippen molar-refractivity contribution in [1.82, 2.24) is 0 Å². The average molecular weight is 493 g/mol. The Balaban J connectivity index is 1.72. The minimum absolute atomic E-state index is 0.0812. The summed E-state index contributed by atoms with van der Waals surface area (Å²) in [5.74, 6) is 0.0276. The third-order valence-electron chi connectivity index (χ3n) is 8.96. The summed E-state index contributed by atoms with van der Waals surface area (Å²) in [7, 11) is -9.28. The van der Waals surface area contributed by atoms with Crippen LogP contribution in [0.15, 0.2) is 11.6 Å². The van der Waals surface area contributed by atoms with Gasteiger partial charge in [-0.3, -0.25) is 13.9 Å². The van der Waals surface area contributed by atoms with Crippen LogP contribution in [0.25, 0.3) is 0 Å². The highest BCUT2D eigenvalue weighted by atomic mass is 32.3. The first-order valence-electron chi connectivity index (χ1n) is 11.2. The Hall–Kier alpha value is -0.850. The number of Topliss-reactive ketones (excluding diaryl/α,β-unsaturated/α-hetero) is 1. The minimum Gasteiger partial charge on any atom is -0.300 e. The zero-order chi connectivity index (χ0) is 23.7. The fraction of sp³-hybridized carbons (Fsp3) is 0.857. The molecule has 11 heteroatoms. The molecule has 0 amide bonds. The minimum atomic E-state index is -4.71. The predicted molar refractivity (Wildman–Crippen MR) is 114 cm³/mol. The average Bonchev–Trinajstić information content (AvgIpc) is 2.96. The number of allylic oxidation sites excluding steroid dienone is 1. The molecule has 0 aromatic heterocycles. The first-order chi connectivity index (χ1) is 14.6. The molecule has 3 saturated carbocycles. The predicted octanol–water partition coefficient (Wildman–Crippen LogP) is 3.14. The molecule has 32 heavy (non-hydrogen) atoms. The van der Waals surface area contributed by atoms with Crippen LogP contribution in [0, 0.1) is 34.5 Å². The Labute approximate surface area is 189 Å². The van der Waals surface area contributed by atoms with Crippen LogP contribution in [-0.2, 0) is 34.0 Å². The maximum Gasteiger partial charge on any atom is 0.397 e. The summed E-state index contributed by atoms with van der Waals surface area (Å²) in [4.78, 5) is 12.4. The van der Waals surface area contributed by atoms with E-state index in [-0.39, 0.29) is 29.5 Å². The highest BCUT2D eigenvalue weighted by Crippen LogP contribution is 2.67. The fourth-order valence-corrected chi connectivity index (χ4v) is 8.90. The number of carbonyl (C=O) groups excluding carboxylic acids is 1. The monoisotopic (exact) mass is 492 g/mol. The van der Waals surface area contributed by atoms with Gasteiger partial charge in [0.25, 0.3) is 0 Å². The summed E-state index contributed by atoms with van der Waals surface area (Å²) in [5, 5.41) is 0. The van der Waals surface area contributed by atoms with E-state index in [1.165, 1.54) is 0 Å². The quantitative estimate of drug-likeness (QED) is 0.437. The van der Waals surface area contributed by atoms with E-state index in [1.54, 1.807) is 6.92 Å². The van der Waals surface area contributed by atoms with Crippen LogP contribution in [0.3, 0.4) is 0 Å². The van der Waals surface area contributed by atoms with E-state index in [0.29, 0.717) is 32.1 Å². The lowest BCUT2D eigenvalue weighted by atomic mass is 9.46. The summed E-state index contributed by atoms with van der Waals surface area (Å²) in [6.45, 7) is 5.67. The second-order valence-corrected chi connectivity index (χ2v) is 12.7. The summed E-state index contributed by atoms with van der Waals surface area (Å²) in [6, 6.07) is 0. The molecule has 0 radical (unpaired) electrons. The van der Waals surface area contributed by atoms with Gasteiger partial charge in [-0.05, 0) is 80.5 Å². The van der Waals surface area contributed by atoms with Gasteiger partial charge in [-0.1, -0.05) is 25.5 Å². The van der Waals surface area contributed by atoms with Crippen molar-refractivity contribution in [2.75, 3.05) is 0 Å². The van der Waals surface area contributed by atoms with Gasteiger partial charge in [0.05, 0.1) is 12.2 Å². The largest absolute Gasteiger partial charge is 0.397 e. The van der Waals surface area contributed by atoms with Crippen molar-refractivity contribution in [2.24, 2.45) is 34.5 Å². The summed E-state index contributed by atoms with van der Waals surface area (Å²) in [6.07, 6.45) is 4.52. The molecule has 0 aromatic rings. The Morgan fingerprint density at radius 2 is 1.72 bits per heavy atom. The molecule has 182 valence electrons. The van der Waals surface area contributed by atoms with Gasteiger partial charge < -0.3 is 0 Å². The first kappa shape index (κ1) is 24.3. The number of ketones is 1. The van der Waals surface area contributed by atoms with Crippen molar-refractivity contribution in [3.63, 3.8) is 0 Å². The molecule has 0 bridgehead atoms. The SMILES string of the molecule is CC(=O)[C@H]1CCC2C3CC=C4C[C@@H](OS(=O)(=O)O)CC[C@]4(C)C3[C@@H](OS(=O)(=O)O)C[C@@]21C. The van der Waals surface area contributed by atoms with Crippen LogP contribution in [-0.4, -0.2) is 43.9 Å². The maximum absolute atomic E-state index is 12.4. The molecule has 4 aliphatic rings. The van der Waals surface area contributed by atoms with Crippen molar-refractivity contribution in [3.8, 4) is 0 Å².